The molecule has 0 unspecified atom stereocenters. The van der Waals surface area contributed by atoms with E-state index in [2.05, 4.69) is 33.6 Å². The number of aromatic nitrogens is 2. The van der Waals surface area contributed by atoms with Crippen LogP contribution in [0.15, 0.2) is 42.4 Å². The second kappa shape index (κ2) is 9.55. The normalized spacial score (nSPS) is 13.9. The Hall–Kier alpha value is -3.11. The number of ether oxygens (including phenoxy) is 2. The second-order valence-electron chi connectivity index (χ2n) is 6.05. The van der Waals surface area contributed by atoms with Crippen LogP contribution in [-0.4, -0.2) is 29.7 Å². The van der Waals surface area contributed by atoms with Gasteiger partial charge in [0.2, 0.25) is 11.8 Å². The molecule has 0 saturated carbocycles. The number of rotatable bonds is 9. The van der Waals surface area contributed by atoms with Crippen molar-refractivity contribution in [2.75, 3.05) is 30.4 Å². The van der Waals surface area contributed by atoms with Crippen LogP contribution in [0.4, 0.5) is 11.6 Å². The Morgan fingerprint density at radius 3 is 2.93 bits per heavy atom. The summed E-state index contributed by atoms with van der Waals surface area (Å²) in [4.78, 5) is 8.65. The van der Waals surface area contributed by atoms with Gasteiger partial charge in [0, 0.05) is 26.0 Å². The summed E-state index contributed by atoms with van der Waals surface area (Å²) in [5.74, 6) is 1.55. The predicted octanol–water partition coefficient (Wildman–Crippen LogP) is 3.79. The largest absolute Gasteiger partial charge is 0.437 e. The van der Waals surface area contributed by atoms with E-state index < -0.39 is 0 Å². The minimum absolute atomic E-state index is 0.333. The molecule has 140 valence electrons. The molecular weight excluding hydrogens is 342 g/mol. The molecule has 0 saturated heterocycles. The van der Waals surface area contributed by atoms with Gasteiger partial charge in [0.05, 0.1) is 11.4 Å². The molecule has 3 rings (SSSR count). The van der Waals surface area contributed by atoms with Crippen molar-refractivity contribution in [3.05, 3.63) is 48.1 Å². The molecule has 1 aliphatic rings. The fraction of sp³-hybridized carbons (Fsp3) is 0.350. The van der Waals surface area contributed by atoms with Gasteiger partial charge in [0.25, 0.3) is 0 Å². The molecule has 0 aliphatic carbocycles. The van der Waals surface area contributed by atoms with E-state index in [9.17, 15) is 5.26 Å². The van der Waals surface area contributed by atoms with E-state index in [1.807, 2.05) is 24.3 Å². The van der Waals surface area contributed by atoms with Crippen LogP contribution in [0.1, 0.15) is 31.9 Å². The standard InChI is InChI=1S/C20H23N5O2/c1-2-3-12-26-13-6-10-22-20-23-11-9-16(25-20)15(14-21)19-24-17-7-4-5-8-18(17)27-19/h4-5,7-9,11,24H,2-3,6,10,12-13H2,1H3,(H,22,23,25). The number of nitriles is 1. The number of anilines is 2. The Morgan fingerprint density at radius 1 is 1.26 bits per heavy atom. The van der Waals surface area contributed by atoms with E-state index >= 15 is 0 Å². The van der Waals surface area contributed by atoms with Crippen LogP contribution in [0, 0.1) is 11.3 Å². The second-order valence-corrected chi connectivity index (χ2v) is 6.05. The number of nitrogens with zero attached hydrogens (tertiary/aromatic N) is 3. The molecule has 2 heterocycles. The Bertz CT molecular complexity index is 817. The van der Waals surface area contributed by atoms with Gasteiger partial charge >= 0.3 is 0 Å². The maximum Gasteiger partial charge on any atom is 0.223 e. The van der Waals surface area contributed by atoms with Gasteiger partial charge < -0.3 is 20.1 Å². The highest BCUT2D eigenvalue weighted by Gasteiger charge is 2.21. The van der Waals surface area contributed by atoms with Gasteiger partial charge in [0.15, 0.2) is 5.75 Å². The minimum Gasteiger partial charge on any atom is -0.437 e. The van der Waals surface area contributed by atoms with Gasteiger partial charge in [-0.15, -0.1) is 0 Å². The molecular formula is C20H23N5O2. The summed E-state index contributed by atoms with van der Waals surface area (Å²) < 4.78 is 11.3. The number of nitrogens with one attached hydrogen (secondary N) is 2. The van der Waals surface area contributed by atoms with Crippen LogP contribution < -0.4 is 15.4 Å². The van der Waals surface area contributed by atoms with Crippen molar-refractivity contribution < 1.29 is 9.47 Å². The van der Waals surface area contributed by atoms with Crippen LogP contribution in [0.25, 0.3) is 5.57 Å². The molecule has 1 aliphatic heterocycles. The van der Waals surface area contributed by atoms with Crippen LogP contribution in [0.5, 0.6) is 5.75 Å². The number of unbranched alkanes of at least 4 members (excludes halogenated alkanes) is 1. The van der Waals surface area contributed by atoms with E-state index in [0.29, 0.717) is 42.0 Å². The molecule has 0 fully saturated rings. The highest BCUT2D eigenvalue weighted by molar-refractivity contribution is 5.81. The summed E-state index contributed by atoms with van der Waals surface area (Å²) in [6.45, 7) is 4.35. The van der Waals surface area contributed by atoms with Crippen LogP contribution in [0.2, 0.25) is 0 Å². The Balaban J connectivity index is 1.61. The lowest BCUT2D eigenvalue weighted by Crippen LogP contribution is -2.10. The van der Waals surface area contributed by atoms with Crippen LogP contribution >= 0.6 is 0 Å². The lowest BCUT2D eigenvalue weighted by Gasteiger charge is -2.08. The summed E-state index contributed by atoms with van der Waals surface area (Å²) in [6.07, 6.45) is 4.72. The molecule has 1 aromatic carbocycles. The highest BCUT2D eigenvalue weighted by atomic mass is 16.5. The maximum atomic E-state index is 9.60. The third kappa shape index (κ3) is 4.96. The number of hydrogen-bond acceptors (Lipinski definition) is 7. The lowest BCUT2D eigenvalue weighted by atomic mass is 10.2. The molecule has 27 heavy (non-hydrogen) atoms. The summed E-state index contributed by atoms with van der Waals surface area (Å²) in [6, 6.07) is 11.4. The summed E-state index contributed by atoms with van der Waals surface area (Å²) in [5.41, 5.74) is 1.67. The maximum absolute atomic E-state index is 9.60. The lowest BCUT2D eigenvalue weighted by molar-refractivity contribution is 0.131. The van der Waals surface area contributed by atoms with Gasteiger partial charge in [-0.25, -0.2) is 9.97 Å². The van der Waals surface area contributed by atoms with Gasteiger partial charge in [-0.1, -0.05) is 25.5 Å². The van der Waals surface area contributed by atoms with E-state index in [4.69, 9.17) is 9.47 Å². The number of allylic oxidation sites excluding steroid dienone is 1. The quantitative estimate of drug-likeness (QED) is 0.516. The molecule has 2 N–H and O–H groups in total. The summed E-state index contributed by atoms with van der Waals surface area (Å²) in [5, 5.41) is 15.9. The van der Waals surface area contributed by atoms with Crippen molar-refractivity contribution in [3.63, 3.8) is 0 Å². The smallest absolute Gasteiger partial charge is 0.223 e. The topological polar surface area (TPSA) is 92.1 Å². The minimum atomic E-state index is 0.333. The Morgan fingerprint density at radius 2 is 2.11 bits per heavy atom. The van der Waals surface area contributed by atoms with Gasteiger partial charge in [0.1, 0.15) is 11.6 Å². The third-order valence-corrected chi connectivity index (χ3v) is 3.99. The molecule has 7 heteroatoms. The van der Waals surface area contributed by atoms with Gasteiger partial charge in [-0.05, 0) is 31.0 Å². The van der Waals surface area contributed by atoms with Crippen molar-refractivity contribution >= 4 is 17.2 Å². The fourth-order valence-electron chi connectivity index (χ4n) is 2.56. The monoisotopic (exact) mass is 365 g/mol. The van der Waals surface area contributed by atoms with E-state index in [1.165, 1.54) is 0 Å². The zero-order valence-electron chi connectivity index (χ0n) is 15.4. The first kappa shape index (κ1) is 18.7. The first-order valence-electron chi connectivity index (χ1n) is 9.15. The van der Waals surface area contributed by atoms with E-state index in [1.54, 1.807) is 12.3 Å². The van der Waals surface area contributed by atoms with Crippen LogP contribution in [0.3, 0.4) is 0 Å². The zero-order valence-corrected chi connectivity index (χ0v) is 15.4. The van der Waals surface area contributed by atoms with E-state index in [0.717, 1.165) is 31.6 Å². The van der Waals surface area contributed by atoms with Crippen LogP contribution in [-0.2, 0) is 4.74 Å². The van der Waals surface area contributed by atoms with Crippen molar-refractivity contribution in [1.82, 2.24) is 9.97 Å². The molecule has 1 aromatic heterocycles. The number of fused-ring (bicyclic) bond motifs is 1. The van der Waals surface area contributed by atoms with Gasteiger partial charge in [-0.3, -0.25) is 0 Å². The van der Waals surface area contributed by atoms with Crippen molar-refractivity contribution in [2.24, 2.45) is 0 Å². The van der Waals surface area contributed by atoms with Crippen molar-refractivity contribution in [3.8, 4) is 11.8 Å². The average Bonchev–Trinajstić information content (AvgIpc) is 3.12. The molecule has 0 spiro atoms. The summed E-state index contributed by atoms with van der Waals surface area (Å²) in [7, 11) is 0. The summed E-state index contributed by atoms with van der Waals surface area (Å²) >= 11 is 0. The molecule has 0 bridgehead atoms. The van der Waals surface area contributed by atoms with E-state index in [-0.39, 0.29) is 0 Å². The molecule has 2 aromatic rings. The third-order valence-electron chi connectivity index (χ3n) is 3.99. The van der Waals surface area contributed by atoms with Crippen molar-refractivity contribution in [2.45, 2.75) is 26.2 Å². The zero-order chi connectivity index (χ0) is 18.9. The number of benzene rings is 1. The average molecular weight is 365 g/mol. The van der Waals surface area contributed by atoms with Gasteiger partial charge in [-0.2, -0.15) is 5.26 Å². The molecule has 0 amide bonds. The molecule has 0 radical (unpaired) electrons. The highest BCUT2D eigenvalue weighted by Crippen LogP contribution is 2.35. The first-order valence-corrected chi connectivity index (χ1v) is 9.15. The Kier molecular flexibility index (Phi) is 6.61. The molecule has 0 atom stereocenters. The first-order chi connectivity index (χ1) is 13.3. The fourth-order valence-corrected chi connectivity index (χ4v) is 2.56. The SMILES string of the molecule is CCCCOCCCNc1nccc(C(C#N)=C2Nc3ccccc3O2)n1. The number of hydrogen-bond donors (Lipinski definition) is 2. The molecule has 7 nitrogen and oxygen atoms in total. The predicted molar refractivity (Wildman–Crippen MR) is 104 cm³/mol. The Labute approximate surface area is 159 Å². The number of para-hydroxylation sites is 2. The van der Waals surface area contributed by atoms with Crippen molar-refractivity contribution in [1.29, 1.82) is 5.26 Å².